The number of urea groups is 1. The molecule has 1 aromatic carbocycles. The van der Waals surface area contributed by atoms with Gasteiger partial charge in [-0.2, -0.15) is 0 Å². The lowest BCUT2D eigenvalue weighted by Crippen LogP contribution is -2.40. The average molecular weight is 376 g/mol. The average Bonchev–Trinajstić information content (AvgIpc) is 3.26. The molecular weight excluding hydrogens is 352 g/mol. The molecule has 3 aromatic rings. The molecule has 144 valence electrons. The van der Waals surface area contributed by atoms with Crippen LogP contribution >= 0.6 is 0 Å². The Labute approximate surface area is 164 Å². The van der Waals surface area contributed by atoms with E-state index in [4.69, 9.17) is 4.52 Å². The standard InChI is InChI=1S/C22H24N4O2/c1-16-5-6-17(14-19-4-2-3-10-23-19)15-21(16)24-22(27)26-11-7-18(8-12-26)20-9-13-28-25-20/h2-6,9-10,13,15,18H,7-8,11-12,14H2,1H3,(H,24,27). The molecule has 2 amide bonds. The maximum Gasteiger partial charge on any atom is 0.321 e. The number of benzene rings is 1. The number of aromatic nitrogens is 2. The number of anilines is 1. The van der Waals surface area contributed by atoms with E-state index in [9.17, 15) is 4.79 Å². The topological polar surface area (TPSA) is 71.3 Å². The summed E-state index contributed by atoms with van der Waals surface area (Å²) in [6, 6.07) is 14.0. The lowest BCUT2D eigenvalue weighted by Gasteiger charge is -2.31. The van der Waals surface area contributed by atoms with E-state index in [1.54, 1.807) is 12.5 Å². The fraction of sp³-hybridized carbons (Fsp3) is 0.318. The summed E-state index contributed by atoms with van der Waals surface area (Å²) in [6.07, 6.45) is 5.95. The lowest BCUT2D eigenvalue weighted by molar-refractivity contribution is 0.193. The Morgan fingerprint density at radius 1 is 1.21 bits per heavy atom. The Bertz CT molecular complexity index is 917. The van der Waals surface area contributed by atoms with Gasteiger partial charge < -0.3 is 14.7 Å². The van der Waals surface area contributed by atoms with Gasteiger partial charge in [0.15, 0.2) is 0 Å². The first kappa shape index (κ1) is 18.2. The summed E-state index contributed by atoms with van der Waals surface area (Å²) < 4.78 is 4.94. The molecule has 0 radical (unpaired) electrons. The fourth-order valence-electron chi connectivity index (χ4n) is 3.63. The molecule has 0 unspecified atom stereocenters. The Morgan fingerprint density at radius 2 is 2.07 bits per heavy atom. The minimum atomic E-state index is -0.0447. The van der Waals surface area contributed by atoms with Crippen LogP contribution in [0.3, 0.4) is 0 Å². The molecule has 1 saturated heterocycles. The minimum Gasteiger partial charge on any atom is -0.365 e. The van der Waals surface area contributed by atoms with E-state index >= 15 is 0 Å². The first-order valence-corrected chi connectivity index (χ1v) is 9.64. The number of aryl methyl sites for hydroxylation is 1. The molecule has 0 bridgehead atoms. The van der Waals surface area contributed by atoms with Crippen LogP contribution in [-0.2, 0) is 6.42 Å². The fourth-order valence-corrected chi connectivity index (χ4v) is 3.63. The zero-order valence-electron chi connectivity index (χ0n) is 16.0. The van der Waals surface area contributed by atoms with Crippen LogP contribution in [0.25, 0.3) is 0 Å². The van der Waals surface area contributed by atoms with Crippen molar-refractivity contribution < 1.29 is 9.32 Å². The quantitative estimate of drug-likeness (QED) is 0.733. The summed E-state index contributed by atoms with van der Waals surface area (Å²) in [4.78, 5) is 19.0. The number of carbonyl (C=O) groups is 1. The van der Waals surface area contributed by atoms with Gasteiger partial charge in [-0.05, 0) is 49.1 Å². The molecule has 1 fully saturated rings. The van der Waals surface area contributed by atoms with Crippen molar-refractivity contribution in [2.75, 3.05) is 18.4 Å². The second-order valence-corrected chi connectivity index (χ2v) is 7.26. The van der Waals surface area contributed by atoms with Crippen LogP contribution in [0.15, 0.2) is 59.4 Å². The molecule has 6 heteroatoms. The van der Waals surface area contributed by atoms with Crippen molar-refractivity contribution in [2.45, 2.75) is 32.1 Å². The number of rotatable bonds is 4. The Kier molecular flexibility index (Phi) is 5.37. The van der Waals surface area contributed by atoms with Crippen LogP contribution in [-0.4, -0.2) is 34.2 Å². The van der Waals surface area contributed by atoms with E-state index in [0.717, 1.165) is 60.6 Å². The number of likely N-dealkylation sites (tertiary alicyclic amines) is 1. The van der Waals surface area contributed by atoms with Crippen molar-refractivity contribution in [2.24, 2.45) is 0 Å². The third kappa shape index (κ3) is 4.22. The van der Waals surface area contributed by atoms with Gasteiger partial charge in [-0.1, -0.05) is 23.4 Å². The normalized spacial score (nSPS) is 14.8. The van der Waals surface area contributed by atoms with Crippen molar-refractivity contribution in [3.63, 3.8) is 0 Å². The predicted octanol–water partition coefficient (Wildman–Crippen LogP) is 4.38. The van der Waals surface area contributed by atoms with E-state index in [0.29, 0.717) is 5.92 Å². The Morgan fingerprint density at radius 3 is 2.79 bits per heavy atom. The van der Waals surface area contributed by atoms with Crippen LogP contribution in [0.1, 0.15) is 41.3 Å². The summed E-state index contributed by atoms with van der Waals surface area (Å²) in [6.45, 7) is 3.45. The molecular formula is C22H24N4O2. The van der Waals surface area contributed by atoms with E-state index in [1.807, 2.05) is 48.2 Å². The van der Waals surface area contributed by atoms with Crippen LogP contribution in [0.5, 0.6) is 0 Å². The molecule has 28 heavy (non-hydrogen) atoms. The number of amides is 2. The number of nitrogens with zero attached hydrogens (tertiary/aromatic N) is 3. The molecule has 1 aliphatic heterocycles. The predicted molar refractivity (Wildman–Crippen MR) is 107 cm³/mol. The number of carbonyl (C=O) groups excluding carboxylic acids is 1. The van der Waals surface area contributed by atoms with Gasteiger partial charge >= 0.3 is 6.03 Å². The number of piperidine rings is 1. The van der Waals surface area contributed by atoms with Crippen LogP contribution in [0.4, 0.5) is 10.5 Å². The van der Waals surface area contributed by atoms with Gasteiger partial charge in [-0.3, -0.25) is 4.98 Å². The summed E-state index contributed by atoms with van der Waals surface area (Å²) >= 11 is 0. The minimum absolute atomic E-state index is 0.0447. The zero-order valence-corrected chi connectivity index (χ0v) is 16.0. The van der Waals surface area contributed by atoms with Crippen LogP contribution in [0, 0.1) is 6.92 Å². The molecule has 1 N–H and O–H groups in total. The molecule has 0 saturated carbocycles. The number of pyridine rings is 1. The van der Waals surface area contributed by atoms with Crippen molar-refractivity contribution in [1.29, 1.82) is 0 Å². The molecule has 0 aliphatic carbocycles. The van der Waals surface area contributed by atoms with Gasteiger partial charge in [-0.25, -0.2) is 4.79 Å². The summed E-state index contributed by atoms with van der Waals surface area (Å²) in [5.74, 6) is 0.367. The maximum absolute atomic E-state index is 12.8. The van der Waals surface area contributed by atoms with Crippen molar-refractivity contribution in [3.05, 3.63) is 77.4 Å². The van der Waals surface area contributed by atoms with Gasteiger partial charge in [0.1, 0.15) is 6.26 Å². The monoisotopic (exact) mass is 376 g/mol. The van der Waals surface area contributed by atoms with Crippen molar-refractivity contribution in [1.82, 2.24) is 15.0 Å². The number of hydrogen-bond donors (Lipinski definition) is 1. The Balaban J connectivity index is 1.38. The van der Waals surface area contributed by atoms with Crippen molar-refractivity contribution in [3.8, 4) is 0 Å². The first-order valence-electron chi connectivity index (χ1n) is 9.64. The third-order valence-electron chi connectivity index (χ3n) is 5.31. The molecule has 2 aromatic heterocycles. The van der Waals surface area contributed by atoms with Gasteiger partial charge in [0.05, 0.1) is 5.69 Å². The molecule has 0 atom stereocenters. The zero-order chi connectivity index (χ0) is 19.3. The van der Waals surface area contributed by atoms with Gasteiger partial charge in [0.2, 0.25) is 0 Å². The largest absolute Gasteiger partial charge is 0.365 e. The highest BCUT2D eigenvalue weighted by Crippen LogP contribution is 2.27. The van der Waals surface area contributed by atoms with E-state index in [2.05, 4.69) is 21.5 Å². The Hall–Kier alpha value is -3.15. The van der Waals surface area contributed by atoms with Crippen LogP contribution < -0.4 is 5.32 Å². The molecule has 6 nitrogen and oxygen atoms in total. The smallest absolute Gasteiger partial charge is 0.321 e. The molecule has 3 heterocycles. The van der Waals surface area contributed by atoms with E-state index in [1.165, 1.54) is 0 Å². The summed E-state index contributed by atoms with van der Waals surface area (Å²) in [7, 11) is 0. The molecule has 0 spiro atoms. The number of hydrogen-bond acceptors (Lipinski definition) is 4. The first-order chi connectivity index (χ1) is 13.7. The van der Waals surface area contributed by atoms with Crippen molar-refractivity contribution >= 4 is 11.7 Å². The second kappa shape index (κ2) is 8.25. The van der Waals surface area contributed by atoms with Gasteiger partial charge in [-0.15, -0.1) is 0 Å². The lowest BCUT2D eigenvalue weighted by atomic mass is 9.94. The van der Waals surface area contributed by atoms with Gasteiger partial charge in [0.25, 0.3) is 0 Å². The summed E-state index contributed by atoms with van der Waals surface area (Å²) in [5, 5.41) is 7.12. The van der Waals surface area contributed by atoms with E-state index < -0.39 is 0 Å². The van der Waals surface area contributed by atoms with Crippen LogP contribution in [0.2, 0.25) is 0 Å². The number of nitrogens with one attached hydrogen (secondary N) is 1. The maximum atomic E-state index is 12.8. The molecule has 4 rings (SSSR count). The second-order valence-electron chi connectivity index (χ2n) is 7.26. The van der Waals surface area contributed by atoms with E-state index in [-0.39, 0.29) is 6.03 Å². The highest BCUT2D eigenvalue weighted by atomic mass is 16.5. The highest BCUT2D eigenvalue weighted by Gasteiger charge is 2.25. The highest BCUT2D eigenvalue weighted by molar-refractivity contribution is 5.90. The molecule has 1 aliphatic rings. The van der Waals surface area contributed by atoms with Gasteiger partial charge in [0, 0.05) is 49.1 Å². The third-order valence-corrected chi connectivity index (χ3v) is 5.31. The SMILES string of the molecule is Cc1ccc(Cc2ccccn2)cc1NC(=O)N1CCC(c2ccon2)CC1. The summed E-state index contributed by atoms with van der Waals surface area (Å²) in [5.41, 5.74) is 5.04.